The van der Waals surface area contributed by atoms with Crippen LogP contribution in [0.3, 0.4) is 0 Å². The van der Waals surface area contributed by atoms with E-state index in [0.717, 1.165) is 16.5 Å². The summed E-state index contributed by atoms with van der Waals surface area (Å²) >= 11 is 6.22. The number of halogens is 1. The topological polar surface area (TPSA) is 25.2 Å². The average Bonchev–Trinajstić information content (AvgIpc) is 2.86. The zero-order chi connectivity index (χ0) is 15.7. The summed E-state index contributed by atoms with van der Waals surface area (Å²) in [5.74, 6) is -0.0152. The minimum Gasteiger partial charge on any atom is -0.340 e. The largest absolute Gasteiger partial charge is 0.340 e. The Bertz CT molecular complexity index is 824. The summed E-state index contributed by atoms with van der Waals surface area (Å²) in [6, 6.07) is 17.5. The van der Waals surface area contributed by atoms with E-state index in [-0.39, 0.29) is 5.91 Å². The Hall–Kier alpha value is -2.26. The Morgan fingerprint density at radius 1 is 1.14 bits per heavy atom. The molecule has 0 saturated carbocycles. The molecular weight excluding hydrogens is 296 g/mol. The molecule has 1 aromatic heterocycles. The Labute approximate surface area is 134 Å². The third-order valence-electron chi connectivity index (χ3n) is 3.86. The van der Waals surface area contributed by atoms with Crippen molar-refractivity contribution >= 4 is 28.4 Å². The molecule has 0 aliphatic carbocycles. The fraction of sp³-hybridized carbons (Fsp3) is 0.167. The highest BCUT2D eigenvalue weighted by Gasteiger charge is 2.18. The van der Waals surface area contributed by atoms with Crippen LogP contribution in [0, 0.1) is 0 Å². The van der Waals surface area contributed by atoms with Crippen LogP contribution < -0.4 is 0 Å². The standard InChI is InChI=1S/C18H17ClN2O/c1-20(12-13-7-4-3-5-8-13)18(22)17-11-14-15(19)9-6-10-16(14)21(17)2/h3-11H,12H2,1-2H3. The highest BCUT2D eigenvalue weighted by molar-refractivity contribution is 6.35. The van der Waals surface area contributed by atoms with Crippen molar-refractivity contribution < 1.29 is 4.79 Å². The predicted molar refractivity (Wildman–Crippen MR) is 90.2 cm³/mol. The number of aromatic nitrogens is 1. The molecule has 0 unspecified atom stereocenters. The number of hydrogen-bond donors (Lipinski definition) is 0. The van der Waals surface area contributed by atoms with Crippen LogP contribution in [0.4, 0.5) is 0 Å². The molecule has 0 atom stereocenters. The number of amides is 1. The maximum absolute atomic E-state index is 12.7. The Morgan fingerprint density at radius 3 is 2.55 bits per heavy atom. The second kappa shape index (κ2) is 5.85. The normalized spacial score (nSPS) is 10.9. The molecule has 4 heteroatoms. The average molecular weight is 313 g/mol. The molecule has 0 bridgehead atoms. The van der Waals surface area contributed by atoms with Gasteiger partial charge in [-0.05, 0) is 23.8 Å². The van der Waals surface area contributed by atoms with Gasteiger partial charge in [0.05, 0.1) is 0 Å². The van der Waals surface area contributed by atoms with Crippen LogP contribution >= 0.6 is 11.6 Å². The molecule has 3 rings (SSSR count). The van der Waals surface area contributed by atoms with Crippen LogP contribution in [0.5, 0.6) is 0 Å². The number of rotatable bonds is 3. The number of carbonyl (C=O) groups excluding carboxylic acids is 1. The highest BCUT2D eigenvalue weighted by atomic mass is 35.5. The van der Waals surface area contributed by atoms with Crippen LogP contribution in [0.15, 0.2) is 54.6 Å². The maximum Gasteiger partial charge on any atom is 0.270 e. The van der Waals surface area contributed by atoms with E-state index in [1.54, 1.807) is 4.90 Å². The van der Waals surface area contributed by atoms with Crippen LogP contribution in [0.1, 0.15) is 16.1 Å². The van der Waals surface area contributed by atoms with E-state index in [9.17, 15) is 4.79 Å². The molecule has 0 spiro atoms. The van der Waals surface area contributed by atoms with Gasteiger partial charge in [0.2, 0.25) is 0 Å². The molecule has 1 amide bonds. The summed E-state index contributed by atoms with van der Waals surface area (Å²) in [6.07, 6.45) is 0. The number of benzene rings is 2. The van der Waals surface area contributed by atoms with Gasteiger partial charge in [-0.15, -0.1) is 0 Å². The molecule has 0 saturated heterocycles. The van der Waals surface area contributed by atoms with Crippen LogP contribution in [0.2, 0.25) is 5.02 Å². The van der Waals surface area contributed by atoms with Gasteiger partial charge < -0.3 is 9.47 Å². The first-order valence-electron chi connectivity index (χ1n) is 7.11. The lowest BCUT2D eigenvalue weighted by molar-refractivity contribution is 0.0776. The van der Waals surface area contributed by atoms with Gasteiger partial charge in [-0.25, -0.2) is 0 Å². The van der Waals surface area contributed by atoms with Crippen molar-refractivity contribution in [2.45, 2.75) is 6.54 Å². The molecule has 3 nitrogen and oxygen atoms in total. The lowest BCUT2D eigenvalue weighted by atomic mass is 10.2. The summed E-state index contributed by atoms with van der Waals surface area (Å²) in [6.45, 7) is 0.578. The zero-order valence-corrected chi connectivity index (χ0v) is 13.3. The minimum absolute atomic E-state index is 0.0152. The Kier molecular flexibility index (Phi) is 3.90. The van der Waals surface area contributed by atoms with Gasteiger partial charge in [-0.3, -0.25) is 4.79 Å². The highest BCUT2D eigenvalue weighted by Crippen LogP contribution is 2.26. The van der Waals surface area contributed by atoms with Gasteiger partial charge in [0.25, 0.3) is 5.91 Å². The van der Waals surface area contributed by atoms with E-state index >= 15 is 0 Å². The number of nitrogens with zero attached hydrogens (tertiary/aromatic N) is 2. The van der Waals surface area contributed by atoms with Crippen LogP contribution in [0.25, 0.3) is 10.9 Å². The Balaban J connectivity index is 1.92. The molecular formula is C18H17ClN2O. The van der Waals surface area contributed by atoms with Gasteiger partial charge in [-0.1, -0.05) is 48.0 Å². The molecule has 0 aliphatic heterocycles. The first kappa shape index (κ1) is 14.7. The van der Waals surface area contributed by atoms with E-state index in [0.29, 0.717) is 17.3 Å². The summed E-state index contributed by atoms with van der Waals surface area (Å²) in [5.41, 5.74) is 2.71. The molecule has 0 fully saturated rings. The first-order chi connectivity index (χ1) is 10.6. The van der Waals surface area contributed by atoms with E-state index < -0.39 is 0 Å². The van der Waals surface area contributed by atoms with Gasteiger partial charge in [0, 0.05) is 36.6 Å². The lowest BCUT2D eigenvalue weighted by Gasteiger charge is -2.17. The third-order valence-corrected chi connectivity index (χ3v) is 4.19. The quantitative estimate of drug-likeness (QED) is 0.714. The minimum atomic E-state index is -0.0152. The molecule has 112 valence electrons. The zero-order valence-electron chi connectivity index (χ0n) is 12.6. The monoisotopic (exact) mass is 312 g/mol. The van der Waals surface area contributed by atoms with Crippen molar-refractivity contribution in [1.29, 1.82) is 0 Å². The van der Waals surface area contributed by atoms with E-state index in [2.05, 4.69) is 0 Å². The van der Waals surface area contributed by atoms with E-state index in [1.165, 1.54) is 0 Å². The summed E-state index contributed by atoms with van der Waals surface area (Å²) < 4.78 is 1.89. The van der Waals surface area contributed by atoms with Gasteiger partial charge in [0.15, 0.2) is 0 Å². The van der Waals surface area contributed by atoms with Gasteiger partial charge in [-0.2, -0.15) is 0 Å². The van der Waals surface area contributed by atoms with Crippen molar-refractivity contribution in [2.75, 3.05) is 7.05 Å². The van der Waals surface area contributed by atoms with Crippen molar-refractivity contribution in [3.8, 4) is 0 Å². The summed E-state index contributed by atoms with van der Waals surface area (Å²) in [4.78, 5) is 14.4. The van der Waals surface area contributed by atoms with Crippen molar-refractivity contribution in [2.24, 2.45) is 7.05 Å². The maximum atomic E-state index is 12.7. The number of carbonyl (C=O) groups is 1. The molecule has 1 heterocycles. The molecule has 3 aromatic rings. The van der Waals surface area contributed by atoms with Crippen molar-refractivity contribution in [3.05, 3.63) is 70.9 Å². The van der Waals surface area contributed by atoms with E-state index in [4.69, 9.17) is 11.6 Å². The van der Waals surface area contributed by atoms with Crippen LogP contribution in [-0.4, -0.2) is 22.4 Å². The summed E-state index contributed by atoms with van der Waals surface area (Å²) in [5, 5.41) is 1.57. The predicted octanol–water partition coefficient (Wildman–Crippen LogP) is 4.10. The molecule has 0 N–H and O–H groups in total. The van der Waals surface area contributed by atoms with Crippen molar-refractivity contribution in [1.82, 2.24) is 9.47 Å². The molecule has 2 aromatic carbocycles. The summed E-state index contributed by atoms with van der Waals surface area (Å²) in [7, 11) is 3.71. The molecule has 0 radical (unpaired) electrons. The lowest BCUT2D eigenvalue weighted by Crippen LogP contribution is -2.27. The molecule has 0 aliphatic rings. The third kappa shape index (κ3) is 2.60. The number of aryl methyl sites for hydroxylation is 1. The first-order valence-corrected chi connectivity index (χ1v) is 7.49. The second-order valence-electron chi connectivity index (χ2n) is 5.41. The fourth-order valence-electron chi connectivity index (χ4n) is 2.65. The van der Waals surface area contributed by atoms with Gasteiger partial charge >= 0.3 is 0 Å². The molecule has 22 heavy (non-hydrogen) atoms. The van der Waals surface area contributed by atoms with Crippen molar-refractivity contribution in [3.63, 3.8) is 0 Å². The number of hydrogen-bond acceptors (Lipinski definition) is 1. The van der Waals surface area contributed by atoms with Gasteiger partial charge in [0.1, 0.15) is 5.69 Å². The second-order valence-corrected chi connectivity index (χ2v) is 5.82. The SMILES string of the molecule is CN(Cc1ccccc1)C(=O)c1cc2c(Cl)cccc2n1C. The van der Waals surface area contributed by atoms with E-state index in [1.807, 2.05) is 73.3 Å². The smallest absolute Gasteiger partial charge is 0.270 e. The number of fused-ring (bicyclic) bond motifs is 1. The Morgan fingerprint density at radius 2 is 1.86 bits per heavy atom. The fourth-order valence-corrected chi connectivity index (χ4v) is 2.88. The van der Waals surface area contributed by atoms with Crippen LogP contribution in [-0.2, 0) is 13.6 Å².